The third-order valence-corrected chi connectivity index (χ3v) is 3.68. The minimum atomic E-state index is -0.611. The molecule has 0 atom stereocenters. The number of rotatable bonds is 5. The van der Waals surface area contributed by atoms with Crippen molar-refractivity contribution in [3.05, 3.63) is 53.6 Å². The molecule has 0 aromatic heterocycles. The van der Waals surface area contributed by atoms with Crippen molar-refractivity contribution in [2.75, 3.05) is 27.6 Å². The zero-order valence-corrected chi connectivity index (χ0v) is 15.0. The summed E-state index contributed by atoms with van der Waals surface area (Å²) in [5.41, 5.74) is 1.52. The summed E-state index contributed by atoms with van der Waals surface area (Å²) >= 11 is 0. The van der Waals surface area contributed by atoms with Crippen molar-refractivity contribution in [2.45, 2.75) is 0 Å². The van der Waals surface area contributed by atoms with Crippen LogP contribution in [0.3, 0.4) is 0 Å². The number of fused-ring (bicyclic) bond motifs is 1. The van der Waals surface area contributed by atoms with Crippen molar-refractivity contribution in [2.24, 2.45) is 0 Å². The number of benzene rings is 2. The summed E-state index contributed by atoms with van der Waals surface area (Å²) < 4.78 is 26.0. The summed E-state index contributed by atoms with van der Waals surface area (Å²) in [6.45, 7) is 0.300. The second kappa shape index (κ2) is 8.68. The lowest BCUT2D eigenvalue weighted by Gasteiger charge is -2.05. The Labute approximate surface area is 157 Å². The number of methoxy groups -OCH3 is 2. The Kier molecular flexibility index (Phi) is 5.85. The van der Waals surface area contributed by atoms with Crippen molar-refractivity contribution in [3.63, 3.8) is 0 Å². The number of ether oxygens (including phenoxy) is 5. The molecule has 1 aliphatic rings. The molecule has 2 aromatic carbocycles. The molecule has 0 spiro atoms. The van der Waals surface area contributed by atoms with Crippen LogP contribution in [-0.4, -0.2) is 33.6 Å². The Bertz CT molecular complexity index is 898. The predicted octanol–water partition coefficient (Wildman–Crippen LogP) is 3.04. The first kappa shape index (κ1) is 18.2. The molecule has 3 rings (SSSR count). The zero-order valence-electron chi connectivity index (χ0n) is 15.0. The highest BCUT2D eigenvalue weighted by molar-refractivity contribution is 5.89. The molecule has 0 N–H and O–H groups in total. The highest BCUT2D eigenvalue weighted by atomic mass is 16.7. The Morgan fingerprint density at radius 1 is 1.07 bits per heavy atom. The van der Waals surface area contributed by atoms with E-state index in [9.17, 15) is 4.79 Å². The van der Waals surface area contributed by atoms with Gasteiger partial charge in [-0.15, -0.1) is 0 Å². The summed E-state index contributed by atoms with van der Waals surface area (Å²) in [4.78, 5) is 11.7. The second-order valence-electron chi connectivity index (χ2n) is 5.46. The van der Waals surface area contributed by atoms with Gasteiger partial charge in [0.05, 0.1) is 14.2 Å². The maximum Gasteiger partial charge on any atom is 0.385 e. The van der Waals surface area contributed by atoms with Crippen LogP contribution in [0.5, 0.6) is 23.0 Å². The van der Waals surface area contributed by atoms with Gasteiger partial charge in [-0.3, -0.25) is 0 Å². The van der Waals surface area contributed by atoms with Crippen molar-refractivity contribution >= 4 is 12.0 Å². The van der Waals surface area contributed by atoms with Crippen molar-refractivity contribution < 1.29 is 28.5 Å². The maximum absolute atomic E-state index is 11.7. The molecule has 1 aliphatic heterocycles. The summed E-state index contributed by atoms with van der Waals surface area (Å²) in [5, 5.41) is 0. The average molecular weight is 366 g/mol. The van der Waals surface area contributed by atoms with Gasteiger partial charge >= 0.3 is 5.97 Å². The predicted molar refractivity (Wildman–Crippen MR) is 99.0 cm³/mol. The average Bonchev–Trinajstić information content (AvgIpc) is 3.17. The Balaban J connectivity index is 1.53. The van der Waals surface area contributed by atoms with E-state index < -0.39 is 5.97 Å². The van der Waals surface area contributed by atoms with Gasteiger partial charge in [0.25, 0.3) is 0 Å². The van der Waals surface area contributed by atoms with Crippen LogP contribution in [0, 0.1) is 11.8 Å². The Morgan fingerprint density at radius 3 is 2.56 bits per heavy atom. The molecule has 0 aliphatic carbocycles. The molecule has 0 amide bonds. The van der Waals surface area contributed by atoms with Crippen molar-refractivity contribution in [3.8, 4) is 34.8 Å². The zero-order chi connectivity index (χ0) is 19.1. The molecular formula is C21H18O6. The fourth-order valence-corrected chi connectivity index (χ4v) is 2.37. The van der Waals surface area contributed by atoms with Gasteiger partial charge in [0, 0.05) is 17.6 Å². The number of hydrogen-bond donors (Lipinski definition) is 0. The monoisotopic (exact) mass is 366 g/mol. The molecule has 0 bridgehead atoms. The van der Waals surface area contributed by atoms with Gasteiger partial charge in [-0.1, -0.05) is 12.0 Å². The van der Waals surface area contributed by atoms with E-state index in [1.54, 1.807) is 44.6 Å². The molecule has 0 radical (unpaired) electrons. The third kappa shape index (κ3) is 4.95. The first-order valence-electron chi connectivity index (χ1n) is 8.16. The van der Waals surface area contributed by atoms with Gasteiger partial charge in [-0.05, 0) is 42.0 Å². The van der Waals surface area contributed by atoms with Crippen LogP contribution in [0.4, 0.5) is 0 Å². The molecule has 0 saturated heterocycles. The van der Waals surface area contributed by atoms with Gasteiger partial charge in [-0.2, -0.15) is 0 Å². The molecule has 138 valence electrons. The molecule has 0 unspecified atom stereocenters. The van der Waals surface area contributed by atoms with Crippen LogP contribution in [-0.2, 0) is 9.53 Å². The fourth-order valence-electron chi connectivity index (χ4n) is 2.37. The van der Waals surface area contributed by atoms with Crippen LogP contribution in [0.1, 0.15) is 11.1 Å². The van der Waals surface area contributed by atoms with E-state index in [-0.39, 0.29) is 13.4 Å². The van der Waals surface area contributed by atoms with Crippen LogP contribution in [0.25, 0.3) is 6.08 Å². The summed E-state index contributed by atoms with van der Waals surface area (Å²) in [5.74, 6) is 7.23. The third-order valence-electron chi connectivity index (χ3n) is 3.68. The quantitative estimate of drug-likeness (QED) is 0.599. The molecule has 0 fully saturated rings. The SMILES string of the molecule is COc1cc(/C=C/COC(=O)C#Cc2ccc3c(c2)OCO3)cc(OC)c1. The summed E-state index contributed by atoms with van der Waals surface area (Å²) in [6.07, 6.45) is 3.53. The second-order valence-corrected chi connectivity index (χ2v) is 5.46. The van der Waals surface area contributed by atoms with Gasteiger partial charge < -0.3 is 23.7 Å². The maximum atomic E-state index is 11.7. The first-order chi connectivity index (χ1) is 13.2. The smallest absolute Gasteiger partial charge is 0.385 e. The fraction of sp³-hybridized carbons (Fsp3) is 0.190. The van der Waals surface area contributed by atoms with E-state index in [2.05, 4.69) is 11.8 Å². The highest BCUT2D eigenvalue weighted by Crippen LogP contribution is 2.32. The lowest BCUT2D eigenvalue weighted by molar-refractivity contribution is -0.135. The number of carbonyl (C=O) groups excluding carboxylic acids is 1. The Hall–Kier alpha value is -3.59. The van der Waals surface area contributed by atoms with Gasteiger partial charge in [0.1, 0.15) is 18.1 Å². The van der Waals surface area contributed by atoms with Crippen LogP contribution >= 0.6 is 0 Å². The van der Waals surface area contributed by atoms with Crippen molar-refractivity contribution in [1.29, 1.82) is 0 Å². The van der Waals surface area contributed by atoms with Crippen LogP contribution in [0.15, 0.2) is 42.5 Å². The normalized spacial score (nSPS) is 11.6. The molecular weight excluding hydrogens is 348 g/mol. The summed E-state index contributed by atoms with van der Waals surface area (Å²) in [7, 11) is 3.17. The first-order valence-corrected chi connectivity index (χ1v) is 8.16. The minimum absolute atomic E-state index is 0.105. The van der Waals surface area contributed by atoms with E-state index in [0.717, 1.165) is 5.56 Å². The van der Waals surface area contributed by atoms with Gasteiger partial charge in [-0.25, -0.2) is 4.79 Å². The van der Waals surface area contributed by atoms with E-state index in [4.69, 9.17) is 23.7 Å². The highest BCUT2D eigenvalue weighted by Gasteiger charge is 2.12. The standard InChI is InChI=1S/C21H18O6/c1-23-17-10-16(11-18(13-17)24-2)4-3-9-25-21(22)8-6-15-5-7-19-20(12-15)27-14-26-19/h3-5,7,10-13H,9,14H2,1-2H3/b4-3+. The molecule has 6 nitrogen and oxygen atoms in total. The molecule has 27 heavy (non-hydrogen) atoms. The number of hydrogen-bond acceptors (Lipinski definition) is 6. The van der Waals surface area contributed by atoms with Crippen LogP contribution < -0.4 is 18.9 Å². The molecule has 2 aromatic rings. The van der Waals surface area contributed by atoms with E-state index >= 15 is 0 Å². The largest absolute Gasteiger partial charge is 0.497 e. The van der Waals surface area contributed by atoms with Crippen LogP contribution in [0.2, 0.25) is 0 Å². The number of carbonyl (C=O) groups is 1. The van der Waals surface area contributed by atoms with Gasteiger partial charge in [0.15, 0.2) is 11.5 Å². The lowest BCUT2D eigenvalue weighted by atomic mass is 10.2. The topological polar surface area (TPSA) is 63.2 Å². The van der Waals surface area contributed by atoms with E-state index in [1.807, 2.05) is 18.2 Å². The Morgan fingerprint density at radius 2 is 1.81 bits per heavy atom. The van der Waals surface area contributed by atoms with E-state index in [1.165, 1.54) is 0 Å². The molecule has 0 saturated carbocycles. The minimum Gasteiger partial charge on any atom is -0.497 e. The summed E-state index contributed by atoms with van der Waals surface area (Å²) in [6, 6.07) is 10.7. The van der Waals surface area contributed by atoms with Gasteiger partial charge in [0.2, 0.25) is 6.79 Å². The molecule has 1 heterocycles. The van der Waals surface area contributed by atoms with E-state index in [0.29, 0.717) is 28.6 Å². The molecule has 6 heteroatoms. The number of esters is 1. The lowest BCUT2D eigenvalue weighted by Crippen LogP contribution is -2.00. The van der Waals surface area contributed by atoms with Crippen molar-refractivity contribution in [1.82, 2.24) is 0 Å².